The molecule has 2 rings (SSSR count). The second-order valence-corrected chi connectivity index (χ2v) is 11.4. The van der Waals surface area contributed by atoms with Crippen LogP contribution in [-0.2, 0) is 30.4 Å². The molecule has 0 radical (unpaired) electrons. The van der Waals surface area contributed by atoms with E-state index in [0.29, 0.717) is 65.1 Å². The van der Waals surface area contributed by atoms with E-state index >= 15 is 0 Å². The zero-order valence-corrected chi connectivity index (χ0v) is 25.7. The van der Waals surface area contributed by atoms with Gasteiger partial charge in [0, 0.05) is 58.4 Å². The van der Waals surface area contributed by atoms with E-state index in [4.69, 9.17) is 0 Å². The molecule has 1 saturated heterocycles. The lowest BCUT2D eigenvalue weighted by molar-refractivity contribution is -0.143. The van der Waals surface area contributed by atoms with Gasteiger partial charge in [-0.1, -0.05) is 37.8 Å². The Bertz CT molecular complexity index is 1080. The van der Waals surface area contributed by atoms with Crippen LogP contribution in [0.3, 0.4) is 0 Å². The van der Waals surface area contributed by atoms with Gasteiger partial charge in [0.2, 0.25) is 0 Å². The maximum atomic E-state index is 11.7. The molecule has 1 aliphatic heterocycles. The highest BCUT2D eigenvalue weighted by atomic mass is 16.4. The van der Waals surface area contributed by atoms with Crippen LogP contribution in [0.2, 0.25) is 0 Å². The van der Waals surface area contributed by atoms with Crippen molar-refractivity contribution in [1.82, 2.24) is 24.5 Å². The summed E-state index contributed by atoms with van der Waals surface area (Å²) in [6, 6.07) is 9.36. The lowest BCUT2D eigenvalue weighted by atomic mass is 10.0. The SMILES string of the molecule is C.O=C(O)CN1CCCN(CC(CCCc2ccccc2)N(CC(=O)O)CC(=O)O)CCN(CC(=O)O)CCN(CC(=O)O)CC1. The molecule has 0 aromatic heterocycles. The monoisotopic (exact) mass is 653 g/mol. The molecule has 1 aromatic carbocycles. The number of benzene rings is 1. The van der Waals surface area contributed by atoms with Gasteiger partial charge in [0.1, 0.15) is 0 Å². The minimum atomic E-state index is -1.14. The second-order valence-electron chi connectivity index (χ2n) is 11.4. The number of nitrogens with zero attached hydrogens (tertiary/aromatic N) is 5. The summed E-state index contributed by atoms with van der Waals surface area (Å²) in [5.41, 5.74) is 1.11. The molecular formula is C31H51N5O10. The Morgan fingerprint density at radius 3 is 1.46 bits per heavy atom. The molecule has 1 atom stereocenters. The number of rotatable bonds is 17. The lowest BCUT2D eigenvalue weighted by Gasteiger charge is -2.35. The molecule has 0 bridgehead atoms. The zero-order chi connectivity index (χ0) is 33.2. The molecule has 0 amide bonds. The highest BCUT2D eigenvalue weighted by Gasteiger charge is 2.26. The van der Waals surface area contributed by atoms with E-state index in [9.17, 15) is 49.5 Å². The summed E-state index contributed by atoms with van der Waals surface area (Å²) in [7, 11) is 0. The van der Waals surface area contributed by atoms with Gasteiger partial charge in [0.15, 0.2) is 0 Å². The number of carboxylic acid groups (broad SMARTS) is 5. The largest absolute Gasteiger partial charge is 0.480 e. The number of aryl methyl sites for hydroxylation is 1. The van der Waals surface area contributed by atoms with Gasteiger partial charge in [-0.15, -0.1) is 0 Å². The molecule has 15 heteroatoms. The molecule has 5 N–H and O–H groups in total. The average molecular weight is 654 g/mol. The van der Waals surface area contributed by atoms with Gasteiger partial charge < -0.3 is 30.4 Å². The van der Waals surface area contributed by atoms with Crippen molar-refractivity contribution in [1.29, 1.82) is 0 Å². The Kier molecular flexibility index (Phi) is 19.3. The standard InChI is InChI=1S/C30H47N5O10.CH4/c36-26(37)19-32-11-5-10-31(12-14-33(20-27(38)39)16-17-34(15-13-32)21-28(40)41)18-25(35(22-29(42)43)23-30(44)45)9-4-8-24-6-2-1-3-7-24;/h1-3,6-7,25H,4-5,8-23H2,(H,36,37)(H,38,39)(H,40,41)(H,42,43)(H,44,45);1H4. The summed E-state index contributed by atoms with van der Waals surface area (Å²) in [5.74, 6) is -5.36. The van der Waals surface area contributed by atoms with E-state index in [1.807, 2.05) is 30.3 Å². The fourth-order valence-corrected chi connectivity index (χ4v) is 5.58. The maximum Gasteiger partial charge on any atom is 0.317 e. The van der Waals surface area contributed by atoms with Crippen molar-refractivity contribution in [3.8, 4) is 0 Å². The third kappa shape index (κ3) is 17.8. The number of aliphatic carboxylic acids is 5. The summed E-state index contributed by atoms with van der Waals surface area (Å²) >= 11 is 0. The van der Waals surface area contributed by atoms with Crippen LogP contribution >= 0.6 is 0 Å². The quantitative estimate of drug-likeness (QED) is 0.154. The minimum absolute atomic E-state index is 0. The van der Waals surface area contributed by atoms with Crippen molar-refractivity contribution in [3.05, 3.63) is 35.9 Å². The first-order chi connectivity index (χ1) is 21.4. The van der Waals surface area contributed by atoms with Gasteiger partial charge in [-0.05, 0) is 37.8 Å². The summed E-state index contributed by atoms with van der Waals surface area (Å²) in [6.07, 6.45) is 2.49. The van der Waals surface area contributed by atoms with E-state index in [1.165, 1.54) is 4.90 Å². The lowest BCUT2D eigenvalue weighted by Crippen LogP contribution is -2.50. The van der Waals surface area contributed by atoms with Crippen LogP contribution in [0.5, 0.6) is 0 Å². The Morgan fingerprint density at radius 2 is 1.02 bits per heavy atom. The second kappa shape index (κ2) is 22.0. The fourth-order valence-electron chi connectivity index (χ4n) is 5.58. The van der Waals surface area contributed by atoms with Gasteiger partial charge in [0.05, 0.1) is 32.7 Å². The molecule has 260 valence electrons. The van der Waals surface area contributed by atoms with Crippen molar-refractivity contribution in [2.45, 2.75) is 39.2 Å². The molecule has 46 heavy (non-hydrogen) atoms. The summed E-state index contributed by atoms with van der Waals surface area (Å²) in [6.45, 7) is 1.47. The molecule has 1 aromatic rings. The Labute approximate surface area is 270 Å². The fraction of sp³-hybridized carbons (Fsp3) is 0.645. The first-order valence-electron chi connectivity index (χ1n) is 15.2. The van der Waals surface area contributed by atoms with Crippen molar-refractivity contribution < 1.29 is 49.5 Å². The Morgan fingerprint density at radius 1 is 0.609 bits per heavy atom. The van der Waals surface area contributed by atoms with Crippen LogP contribution in [0.25, 0.3) is 0 Å². The Balaban J connectivity index is 0.0000106. The predicted octanol–water partition coefficient (Wildman–Crippen LogP) is 0.351. The first kappa shape index (κ1) is 40.4. The molecule has 1 heterocycles. The van der Waals surface area contributed by atoms with Crippen LogP contribution in [0.4, 0.5) is 0 Å². The minimum Gasteiger partial charge on any atom is -0.480 e. The molecule has 0 spiro atoms. The Hall–Kier alpha value is -3.63. The van der Waals surface area contributed by atoms with Crippen LogP contribution in [0.1, 0.15) is 32.3 Å². The van der Waals surface area contributed by atoms with Gasteiger partial charge in [0.25, 0.3) is 0 Å². The molecule has 1 aliphatic rings. The molecule has 0 aliphatic carbocycles. The van der Waals surface area contributed by atoms with E-state index in [0.717, 1.165) is 12.0 Å². The van der Waals surface area contributed by atoms with E-state index in [1.54, 1.807) is 14.7 Å². The molecule has 15 nitrogen and oxygen atoms in total. The van der Waals surface area contributed by atoms with Crippen molar-refractivity contribution in [2.24, 2.45) is 0 Å². The highest BCUT2D eigenvalue weighted by Crippen LogP contribution is 2.14. The highest BCUT2D eigenvalue weighted by molar-refractivity contribution is 5.72. The zero-order valence-electron chi connectivity index (χ0n) is 25.7. The summed E-state index contributed by atoms with van der Waals surface area (Å²) in [4.78, 5) is 66.7. The summed E-state index contributed by atoms with van der Waals surface area (Å²) < 4.78 is 0. The van der Waals surface area contributed by atoms with Crippen LogP contribution in [0, 0.1) is 0 Å². The maximum absolute atomic E-state index is 11.7. The van der Waals surface area contributed by atoms with E-state index < -0.39 is 49.0 Å². The van der Waals surface area contributed by atoms with Crippen molar-refractivity contribution >= 4 is 29.8 Å². The van der Waals surface area contributed by atoms with Gasteiger partial charge in [-0.25, -0.2) is 0 Å². The van der Waals surface area contributed by atoms with Crippen LogP contribution < -0.4 is 0 Å². The predicted molar refractivity (Wildman–Crippen MR) is 170 cm³/mol. The van der Waals surface area contributed by atoms with E-state index in [-0.39, 0.29) is 40.2 Å². The molecule has 1 fully saturated rings. The average Bonchev–Trinajstić information content (AvgIpc) is 2.95. The van der Waals surface area contributed by atoms with Crippen LogP contribution in [-0.4, -0.2) is 178 Å². The van der Waals surface area contributed by atoms with Gasteiger partial charge >= 0.3 is 29.8 Å². The number of hydrogen-bond acceptors (Lipinski definition) is 10. The topological polar surface area (TPSA) is 203 Å². The number of hydrogen-bond donors (Lipinski definition) is 5. The first-order valence-corrected chi connectivity index (χ1v) is 15.2. The third-order valence-corrected chi connectivity index (χ3v) is 7.73. The van der Waals surface area contributed by atoms with Gasteiger partial charge in [-0.2, -0.15) is 0 Å². The molecule has 0 saturated carbocycles. The molecular weight excluding hydrogens is 602 g/mol. The third-order valence-electron chi connectivity index (χ3n) is 7.73. The molecule has 1 unspecified atom stereocenters. The van der Waals surface area contributed by atoms with E-state index in [2.05, 4.69) is 4.90 Å². The van der Waals surface area contributed by atoms with Crippen molar-refractivity contribution in [3.63, 3.8) is 0 Å². The number of carboxylic acids is 5. The van der Waals surface area contributed by atoms with Crippen LogP contribution in [0.15, 0.2) is 30.3 Å². The van der Waals surface area contributed by atoms with Gasteiger partial charge in [-0.3, -0.25) is 43.6 Å². The smallest absolute Gasteiger partial charge is 0.317 e. The normalized spacial score (nSPS) is 17.2. The number of carbonyl (C=O) groups is 5. The summed E-state index contributed by atoms with van der Waals surface area (Å²) in [5, 5.41) is 47.5. The van der Waals surface area contributed by atoms with Crippen molar-refractivity contribution in [2.75, 3.05) is 91.6 Å².